The van der Waals surface area contributed by atoms with Gasteiger partial charge >= 0.3 is 11.9 Å². The van der Waals surface area contributed by atoms with Crippen molar-refractivity contribution in [3.8, 4) is 0 Å². The number of unbranched alkanes of at least 4 members (excludes halogenated alkanes) is 4. The fraction of sp³-hybridized carbons (Fsp3) is 0.905. The molecular formula is C21H39NO4. The van der Waals surface area contributed by atoms with Crippen LogP contribution in [0.15, 0.2) is 0 Å². The van der Waals surface area contributed by atoms with E-state index in [4.69, 9.17) is 9.84 Å². The highest BCUT2D eigenvalue weighted by molar-refractivity contribution is 5.72. The van der Waals surface area contributed by atoms with E-state index >= 15 is 0 Å². The van der Waals surface area contributed by atoms with Gasteiger partial charge in [-0.15, -0.1) is 0 Å². The van der Waals surface area contributed by atoms with E-state index in [0.717, 1.165) is 51.5 Å². The Hall–Kier alpha value is -1.10. The van der Waals surface area contributed by atoms with Crippen molar-refractivity contribution in [1.29, 1.82) is 0 Å². The maximum absolute atomic E-state index is 12.5. The quantitative estimate of drug-likeness (QED) is 0.458. The minimum atomic E-state index is -0.720. The molecule has 0 bridgehead atoms. The molecule has 2 atom stereocenters. The summed E-state index contributed by atoms with van der Waals surface area (Å²) in [6.45, 7) is 10.0. The molecule has 1 rings (SSSR count). The van der Waals surface area contributed by atoms with Crippen LogP contribution < -0.4 is 0 Å². The number of methoxy groups -OCH3 is 1. The number of hydrogen-bond acceptors (Lipinski definition) is 4. The van der Waals surface area contributed by atoms with Crippen molar-refractivity contribution in [3.63, 3.8) is 0 Å². The molecule has 1 fully saturated rings. The molecule has 1 saturated heterocycles. The molecule has 1 aliphatic heterocycles. The lowest BCUT2D eigenvalue weighted by Gasteiger charge is -2.53. The fourth-order valence-corrected chi connectivity index (χ4v) is 4.41. The molecule has 0 saturated carbocycles. The van der Waals surface area contributed by atoms with Crippen LogP contribution in [0, 0.1) is 17.3 Å². The van der Waals surface area contributed by atoms with Gasteiger partial charge in [-0.25, -0.2) is 0 Å². The second kappa shape index (κ2) is 9.72. The Morgan fingerprint density at radius 3 is 2.27 bits per heavy atom. The summed E-state index contributed by atoms with van der Waals surface area (Å²) in [6.07, 6.45) is 6.87. The van der Waals surface area contributed by atoms with Crippen molar-refractivity contribution in [3.05, 3.63) is 0 Å². The van der Waals surface area contributed by atoms with Crippen molar-refractivity contribution in [2.24, 2.45) is 17.3 Å². The third-order valence-electron chi connectivity index (χ3n) is 6.30. The monoisotopic (exact) mass is 369 g/mol. The summed E-state index contributed by atoms with van der Waals surface area (Å²) in [5.74, 6) is -0.535. The summed E-state index contributed by atoms with van der Waals surface area (Å²) in [4.78, 5) is 25.5. The number of piperidine rings is 1. The predicted molar refractivity (Wildman–Crippen MR) is 104 cm³/mol. The van der Waals surface area contributed by atoms with Crippen LogP contribution in [0.1, 0.15) is 79.1 Å². The van der Waals surface area contributed by atoms with Gasteiger partial charge in [0.25, 0.3) is 0 Å². The molecular weight excluding hydrogens is 330 g/mol. The normalized spacial score (nSPS) is 23.4. The molecule has 0 aromatic heterocycles. The number of likely N-dealkylation sites (tertiary alicyclic amines) is 1. The highest BCUT2D eigenvalue weighted by atomic mass is 16.5. The number of ether oxygens (including phenoxy) is 1. The second-order valence-corrected chi connectivity index (χ2v) is 9.30. The van der Waals surface area contributed by atoms with Gasteiger partial charge in [0, 0.05) is 18.5 Å². The Bertz CT molecular complexity index is 473. The van der Waals surface area contributed by atoms with Crippen LogP contribution in [-0.2, 0) is 14.3 Å². The number of carbonyl (C=O) groups is 2. The van der Waals surface area contributed by atoms with E-state index in [1.807, 2.05) is 0 Å². The van der Waals surface area contributed by atoms with Gasteiger partial charge in [-0.3, -0.25) is 9.59 Å². The van der Waals surface area contributed by atoms with Crippen LogP contribution in [0.5, 0.6) is 0 Å². The summed E-state index contributed by atoms with van der Waals surface area (Å²) >= 11 is 0. The van der Waals surface area contributed by atoms with Crippen LogP contribution in [0.3, 0.4) is 0 Å². The standard InChI is InChI=1S/C21H39NO4/c1-20(2)15-22(5)21(3,4)14-17(20)16(19(25)26-6)12-10-8-7-9-11-13-18(23)24/h16-17H,7-15H2,1-6H3,(H,23,24). The minimum absolute atomic E-state index is 0.0537. The first-order valence-corrected chi connectivity index (χ1v) is 10.0. The van der Waals surface area contributed by atoms with Gasteiger partial charge in [-0.2, -0.15) is 0 Å². The lowest BCUT2D eigenvalue weighted by atomic mass is 9.62. The van der Waals surface area contributed by atoms with E-state index < -0.39 is 5.97 Å². The Kier molecular flexibility index (Phi) is 8.58. The number of carboxylic acids is 1. The smallest absolute Gasteiger partial charge is 0.308 e. The lowest BCUT2D eigenvalue weighted by Crippen LogP contribution is -2.57. The SMILES string of the molecule is COC(=O)C(CCCCCCCC(=O)O)C1CC(C)(C)N(C)CC1(C)C. The molecule has 0 aliphatic carbocycles. The number of hydrogen-bond donors (Lipinski definition) is 1. The third kappa shape index (κ3) is 6.57. The first kappa shape index (κ1) is 22.9. The van der Waals surface area contributed by atoms with Gasteiger partial charge in [0.15, 0.2) is 0 Å². The highest BCUT2D eigenvalue weighted by Crippen LogP contribution is 2.46. The van der Waals surface area contributed by atoms with Crippen molar-refractivity contribution in [1.82, 2.24) is 4.90 Å². The van der Waals surface area contributed by atoms with Crippen molar-refractivity contribution >= 4 is 11.9 Å². The maximum Gasteiger partial charge on any atom is 0.308 e. The van der Waals surface area contributed by atoms with Crippen molar-refractivity contribution < 1.29 is 19.4 Å². The molecule has 5 heteroatoms. The molecule has 1 N–H and O–H groups in total. The Labute approximate surface area is 159 Å². The molecule has 152 valence electrons. The number of aliphatic carboxylic acids is 1. The highest BCUT2D eigenvalue weighted by Gasteiger charge is 2.48. The zero-order chi connectivity index (χ0) is 20.0. The molecule has 1 aliphatic rings. The summed E-state index contributed by atoms with van der Waals surface area (Å²) in [7, 11) is 3.66. The zero-order valence-corrected chi connectivity index (χ0v) is 17.6. The van der Waals surface area contributed by atoms with E-state index in [1.54, 1.807) is 0 Å². The second-order valence-electron chi connectivity index (χ2n) is 9.30. The molecule has 26 heavy (non-hydrogen) atoms. The molecule has 2 unspecified atom stereocenters. The zero-order valence-electron chi connectivity index (χ0n) is 17.6. The average molecular weight is 370 g/mol. The molecule has 5 nitrogen and oxygen atoms in total. The minimum Gasteiger partial charge on any atom is -0.481 e. The largest absolute Gasteiger partial charge is 0.481 e. The van der Waals surface area contributed by atoms with Crippen LogP contribution in [0.4, 0.5) is 0 Å². The fourth-order valence-electron chi connectivity index (χ4n) is 4.41. The topological polar surface area (TPSA) is 66.8 Å². The van der Waals surface area contributed by atoms with E-state index in [0.29, 0.717) is 5.92 Å². The van der Waals surface area contributed by atoms with Crippen molar-refractivity contribution in [2.75, 3.05) is 20.7 Å². The molecule has 0 amide bonds. The van der Waals surface area contributed by atoms with Crippen LogP contribution in [0.2, 0.25) is 0 Å². The maximum atomic E-state index is 12.5. The Morgan fingerprint density at radius 2 is 1.69 bits per heavy atom. The van der Waals surface area contributed by atoms with E-state index in [2.05, 4.69) is 39.6 Å². The number of carboxylic acid groups (broad SMARTS) is 1. The molecule has 0 aromatic carbocycles. The van der Waals surface area contributed by atoms with Gasteiger partial charge in [0.05, 0.1) is 13.0 Å². The van der Waals surface area contributed by atoms with E-state index in [-0.39, 0.29) is 29.3 Å². The first-order valence-electron chi connectivity index (χ1n) is 10.0. The molecule has 0 radical (unpaired) electrons. The summed E-state index contributed by atoms with van der Waals surface area (Å²) in [5, 5.41) is 8.68. The lowest BCUT2D eigenvalue weighted by molar-refractivity contribution is -0.153. The van der Waals surface area contributed by atoms with Gasteiger partial charge in [-0.05, 0) is 51.5 Å². The summed E-state index contributed by atoms with van der Waals surface area (Å²) in [5.41, 5.74) is 0.161. The number of rotatable bonds is 10. The Morgan fingerprint density at radius 1 is 1.12 bits per heavy atom. The van der Waals surface area contributed by atoms with Gasteiger partial charge in [0.1, 0.15) is 0 Å². The molecule has 0 aromatic rings. The Balaban J connectivity index is 2.63. The summed E-state index contributed by atoms with van der Waals surface area (Å²) in [6, 6.07) is 0. The van der Waals surface area contributed by atoms with Crippen molar-refractivity contribution in [2.45, 2.75) is 84.6 Å². The predicted octanol–water partition coefficient (Wildman–Crippen LogP) is 4.35. The number of esters is 1. The average Bonchev–Trinajstić information content (AvgIpc) is 2.53. The van der Waals surface area contributed by atoms with Gasteiger partial charge in [0.2, 0.25) is 0 Å². The number of carbonyl (C=O) groups excluding carboxylic acids is 1. The third-order valence-corrected chi connectivity index (χ3v) is 6.30. The van der Waals surface area contributed by atoms with Crippen LogP contribution in [-0.4, -0.2) is 48.2 Å². The van der Waals surface area contributed by atoms with Gasteiger partial charge in [-0.1, -0.05) is 39.5 Å². The summed E-state index contributed by atoms with van der Waals surface area (Å²) < 4.78 is 5.16. The molecule has 0 spiro atoms. The van der Waals surface area contributed by atoms with E-state index in [9.17, 15) is 9.59 Å². The van der Waals surface area contributed by atoms with E-state index in [1.165, 1.54) is 7.11 Å². The first-order chi connectivity index (χ1) is 12.0. The van der Waals surface area contributed by atoms with Gasteiger partial charge < -0.3 is 14.7 Å². The molecule has 1 heterocycles. The van der Waals surface area contributed by atoms with Crippen LogP contribution >= 0.6 is 0 Å². The number of nitrogens with zero attached hydrogens (tertiary/aromatic N) is 1. The van der Waals surface area contributed by atoms with Crippen LogP contribution in [0.25, 0.3) is 0 Å².